The first-order chi connectivity index (χ1) is 13.6. The molecule has 1 aromatic carbocycles. The van der Waals surface area contributed by atoms with E-state index >= 15 is 0 Å². The zero-order chi connectivity index (χ0) is 19.4. The lowest BCUT2D eigenvalue weighted by Gasteiger charge is -2.39. The van der Waals surface area contributed by atoms with Gasteiger partial charge >= 0.3 is 0 Å². The standard InChI is InChI=1S/C27H30O/c1-21-19-24(13-12-22-10-11-22)9-5-6-16-27(26(21)28)17-14-25(15-18-27)20-23-7-3-2-4-8-23/h2-5,7-9,19,22,25H,1,6,10-11,14-18,20H2/b9-5-,24-19+. The summed E-state index contributed by atoms with van der Waals surface area (Å²) in [4.78, 5) is 13.4. The Balaban J connectivity index is 1.44. The minimum absolute atomic E-state index is 0.218. The summed E-state index contributed by atoms with van der Waals surface area (Å²) in [5.74, 6) is 8.09. The van der Waals surface area contributed by atoms with E-state index in [1.165, 1.54) is 18.4 Å². The number of allylic oxidation sites excluding steroid dienone is 5. The molecule has 2 fully saturated rings. The van der Waals surface area contributed by atoms with Crippen molar-refractivity contribution in [2.75, 3.05) is 0 Å². The molecule has 3 aliphatic carbocycles. The van der Waals surface area contributed by atoms with E-state index in [4.69, 9.17) is 0 Å². The Hall–Kier alpha value is -2.33. The zero-order valence-corrected chi connectivity index (χ0v) is 16.8. The topological polar surface area (TPSA) is 17.1 Å². The van der Waals surface area contributed by atoms with E-state index in [-0.39, 0.29) is 11.2 Å². The van der Waals surface area contributed by atoms with Crippen LogP contribution in [0, 0.1) is 29.1 Å². The van der Waals surface area contributed by atoms with E-state index in [2.05, 4.69) is 60.9 Å². The number of ketones is 1. The molecule has 1 aromatic rings. The van der Waals surface area contributed by atoms with Crippen LogP contribution in [0.5, 0.6) is 0 Å². The zero-order valence-electron chi connectivity index (χ0n) is 16.8. The van der Waals surface area contributed by atoms with E-state index in [1.54, 1.807) is 0 Å². The average Bonchev–Trinajstić information content (AvgIpc) is 3.54. The fourth-order valence-electron chi connectivity index (χ4n) is 4.68. The van der Waals surface area contributed by atoms with Gasteiger partial charge in [-0.15, -0.1) is 0 Å². The highest BCUT2D eigenvalue weighted by Gasteiger charge is 2.41. The highest BCUT2D eigenvalue weighted by atomic mass is 16.1. The van der Waals surface area contributed by atoms with Crippen LogP contribution in [0.15, 0.2) is 66.3 Å². The second-order valence-electron chi connectivity index (χ2n) is 8.85. The quantitative estimate of drug-likeness (QED) is 0.446. The number of carbonyl (C=O) groups is 1. The summed E-state index contributed by atoms with van der Waals surface area (Å²) in [6.45, 7) is 4.14. The second kappa shape index (κ2) is 8.36. The van der Waals surface area contributed by atoms with Crippen LogP contribution < -0.4 is 0 Å². The monoisotopic (exact) mass is 370 g/mol. The van der Waals surface area contributed by atoms with Gasteiger partial charge in [0.2, 0.25) is 0 Å². The van der Waals surface area contributed by atoms with Crippen molar-refractivity contribution in [2.24, 2.45) is 17.3 Å². The van der Waals surface area contributed by atoms with Crippen LogP contribution >= 0.6 is 0 Å². The fourth-order valence-corrected chi connectivity index (χ4v) is 4.68. The van der Waals surface area contributed by atoms with Gasteiger partial charge in [-0.3, -0.25) is 4.79 Å². The molecule has 0 radical (unpaired) electrons. The Labute approximate surface area is 169 Å². The van der Waals surface area contributed by atoms with Crippen molar-refractivity contribution < 1.29 is 4.79 Å². The van der Waals surface area contributed by atoms with Crippen LogP contribution in [-0.4, -0.2) is 5.78 Å². The van der Waals surface area contributed by atoms with Crippen molar-refractivity contribution in [2.45, 2.75) is 57.8 Å². The summed E-state index contributed by atoms with van der Waals surface area (Å²) in [5, 5.41) is 0. The number of hydrogen-bond donors (Lipinski definition) is 0. The SMILES string of the molecule is C=C1/C=C(C#CC2CC2)\C=C/CCC2(CCC(Cc3ccccc3)CC2)C1=O. The molecule has 0 N–H and O–H groups in total. The maximum Gasteiger partial charge on any atom is 0.168 e. The molecule has 0 atom stereocenters. The van der Waals surface area contributed by atoms with Gasteiger partial charge in [0.05, 0.1) is 0 Å². The maximum atomic E-state index is 13.4. The lowest BCUT2D eigenvalue weighted by molar-refractivity contribution is -0.127. The summed E-state index contributed by atoms with van der Waals surface area (Å²) >= 11 is 0. The molecular weight excluding hydrogens is 340 g/mol. The number of hydrogen-bond acceptors (Lipinski definition) is 1. The van der Waals surface area contributed by atoms with Crippen LogP contribution in [0.2, 0.25) is 0 Å². The molecule has 1 heteroatoms. The molecule has 3 aliphatic rings. The molecule has 0 bridgehead atoms. The van der Waals surface area contributed by atoms with Crippen LogP contribution in [-0.2, 0) is 11.2 Å². The normalized spacial score (nSPS) is 31.0. The Morgan fingerprint density at radius 2 is 1.79 bits per heavy atom. The van der Waals surface area contributed by atoms with E-state index in [1.807, 2.05) is 6.08 Å². The first-order valence-electron chi connectivity index (χ1n) is 10.8. The summed E-state index contributed by atoms with van der Waals surface area (Å²) in [6, 6.07) is 10.8. The highest BCUT2D eigenvalue weighted by molar-refractivity contribution is 6.02. The molecule has 4 rings (SSSR count). The van der Waals surface area contributed by atoms with Gasteiger partial charge < -0.3 is 0 Å². The van der Waals surface area contributed by atoms with Crippen molar-refractivity contribution in [3.05, 3.63) is 71.8 Å². The van der Waals surface area contributed by atoms with Crippen molar-refractivity contribution in [1.29, 1.82) is 0 Å². The van der Waals surface area contributed by atoms with Crippen molar-refractivity contribution >= 4 is 5.78 Å². The predicted molar refractivity (Wildman–Crippen MR) is 116 cm³/mol. The van der Waals surface area contributed by atoms with Crippen LogP contribution in [0.25, 0.3) is 0 Å². The Kier molecular flexibility index (Phi) is 5.67. The molecule has 0 unspecified atom stereocenters. The molecule has 0 amide bonds. The smallest absolute Gasteiger partial charge is 0.168 e. The minimum atomic E-state index is -0.218. The van der Waals surface area contributed by atoms with Gasteiger partial charge in [-0.05, 0) is 75.3 Å². The van der Waals surface area contributed by atoms with E-state index in [0.29, 0.717) is 17.4 Å². The van der Waals surface area contributed by atoms with E-state index in [9.17, 15) is 4.79 Å². The molecule has 0 saturated heterocycles. The molecule has 0 aromatic heterocycles. The van der Waals surface area contributed by atoms with Crippen LogP contribution in [0.3, 0.4) is 0 Å². The number of benzene rings is 1. The maximum absolute atomic E-state index is 13.4. The van der Waals surface area contributed by atoms with Gasteiger partial charge in [-0.25, -0.2) is 0 Å². The predicted octanol–water partition coefficient (Wildman–Crippen LogP) is 6.22. The third kappa shape index (κ3) is 4.56. The molecular formula is C27H30O. The van der Waals surface area contributed by atoms with Gasteiger partial charge in [0.1, 0.15) is 0 Å². The summed E-state index contributed by atoms with van der Waals surface area (Å²) in [7, 11) is 0. The third-order valence-electron chi connectivity index (χ3n) is 6.62. The largest absolute Gasteiger partial charge is 0.294 e. The van der Waals surface area contributed by atoms with Gasteiger partial charge in [0.25, 0.3) is 0 Å². The molecule has 2 saturated carbocycles. The molecule has 28 heavy (non-hydrogen) atoms. The third-order valence-corrected chi connectivity index (χ3v) is 6.62. The Morgan fingerprint density at radius 3 is 2.50 bits per heavy atom. The summed E-state index contributed by atoms with van der Waals surface area (Å²) in [5.41, 5.74) is 2.79. The lowest BCUT2D eigenvalue weighted by atomic mass is 9.64. The summed E-state index contributed by atoms with van der Waals surface area (Å²) in [6.07, 6.45) is 15.9. The molecule has 0 heterocycles. The number of carbonyl (C=O) groups excluding carboxylic acids is 1. The van der Waals surface area contributed by atoms with E-state index < -0.39 is 0 Å². The van der Waals surface area contributed by atoms with Crippen molar-refractivity contribution in [1.82, 2.24) is 0 Å². The Bertz CT molecular complexity index is 847. The number of rotatable bonds is 2. The van der Waals surface area contributed by atoms with Gasteiger partial charge in [-0.2, -0.15) is 0 Å². The number of Topliss-reactive ketones (excluding diaryl/α,β-unsaturated/α-hetero) is 1. The first kappa shape index (κ1) is 19.0. The Morgan fingerprint density at radius 1 is 1.04 bits per heavy atom. The molecule has 0 aliphatic heterocycles. The fraction of sp³-hybridized carbons (Fsp3) is 0.444. The van der Waals surface area contributed by atoms with E-state index in [0.717, 1.165) is 50.5 Å². The molecule has 1 spiro atoms. The highest BCUT2D eigenvalue weighted by Crippen LogP contribution is 2.46. The van der Waals surface area contributed by atoms with Crippen LogP contribution in [0.4, 0.5) is 0 Å². The van der Waals surface area contributed by atoms with Gasteiger partial charge in [0.15, 0.2) is 5.78 Å². The van der Waals surface area contributed by atoms with Gasteiger partial charge in [0, 0.05) is 22.5 Å². The van der Waals surface area contributed by atoms with Crippen molar-refractivity contribution in [3.63, 3.8) is 0 Å². The van der Waals surface area contributed by atoms with Crippen LogP contribution in [0.1, 0.15) is 56.9 Å². The lowest BCUT2D eigenvalue weighted by Crippen LogP contribution is -2.36. The van der Waals surface area contributed by atoms with Crippen molar-refractivity contribution in [3.8, 4) is 11.8 Å². The second-order valence-corrected chi connectivity index (χ2v) is 8.85. The first-order valence-corrected chi connectivity index (χ1v) is 10.8. The average molecular weight is 371 g/mol. The van der Waals surface area contributed by atoms with Gasteiger partial charge in [-0.1, -0.05) is 60.9 Å². The molecule has 144 valence electrons. The minimum Gasteiger partial charge on any atom is -0.294 e. The molecule has 1 nitrogen and oxygen atoms in total. The summed E-state index contributed by atoms with van der Waals surface area (Å²) < 4.78 is 0.